The first-order chi connectivity index (χ1) is 9.67. The van der Waals surface area contributed by atoms with Gasteiger partial charge in [-0.2, -0.15) is 5.26 Å². The number of aryl methyl sites for hydroxylation is 1. The SMILES string of the molecule is COc1ccc(Nc2nc(SC)nc(C)c2C#N)cc1. The van der Waals surface area contributed by atoms with E-state index in [0.29, 0.717) is 22.2 Å². The van der Waals surface area contributed by atoms with E-state index < -0.39 is 0 Å². The minimum absolute atomic E-state index is 0.457. The molecule has 5 nitrogen and oxygen atoms in total. The maximum Gasteiger partial charge on any atom is 0.189 e. The van der Waals surface area contributed by atoms with E-state index in [9.17, 15) is 5.26 Å². The molecule has 0 aliphatic rings. The molecule has 0 aliphatic heterocycles. The third kappa shape index (κ3) is 3.00. The van der Waals surface area contributed by atoms with Crippen LogP contribution in [0.25, 0.3) is 0 Å². The molecule has 0 aliphatic carbocycles. The normalized spacial score (nSPS) is 9.90. The van der Waals surface area contributed by atoms with E-state index in [1.54, 1.807) is 14.0 Å². The summed E-state index contributed by atoms with van der Waals surface area (Å²) in [5.41, 5.74) is 1.97. The van der Waals surface area contributed by atoms with Crippen LogP contribution < -0.4 is 10.1 Å². The maximum absolute atomic E-state index is 9.23. The Morgan fingerprint density at radius 1 is 1.25 bits per heavy atom. The standard InChI is InChI=1S/C14H14N4OS/c1-9-12(8-15)13(18-14(16-9)20-3)17-10-4-6-11(19-2)7-5-10/h4-7H,1-3H3,(H,16,17,18). The van der Waals surface area contributed by atoms with Crippen LogP contribution >= 0.6 is 11.8 Å². The number of nitriles is 1. The Kier molecular flexibility index (Phi) is 4.43. The van der Waals surface area contributed by atoms with E-state index in [-0.39, 0.29) is 0 Å². The lowest BCUT2D eigenvalue weighted by atomic mass is 10.2. The van der Waals surface area contributed by atoms with Gasteiger partial charge in [-0.3, -0.25) is 0 Å². The highest BCUT2D eigenvalue weighted by atomic mass is 32.2. The second-order valence-corrected chi connectivity index (χ2v) is 4.76. The molecule has 1 aromatic heterocycles. The van der Waals surface area contributed by atoms with E-state index >= 15 is 0 Å². The van der Waals surface area contributed by atoms with Crippen LogP contribution in [0.4, 0.5) is 11.5 Å². The molecule has 6 heteroatoms. The maximum atomic E-state index is 9.23. The molecule has 2 rings (SSSR count). The minimum Gasteiger partial charge on any atom is -0.497 e. The average Bonchev–Trinajstić information content (AvgIpc) is 2.47. The van der Waals surface area contributed by atoms with Gasteiger partial charge in [0, 0.05) is 5.69 Å². The van der Waals surface area contributed by atoms with Crippen molar-refractivity contribution in [3.05, 3.63) is 35.5 Å². The molecule has 2 aromatic rings. The number of benzene rings is 1. The molecule has 1 heterocycles. The van der Waals surface area contributed by atoms with Crippen molar-refractivity contribution < 1.29 is 4.74 Å². The molecule has 0 saturated carbocycles. The highest BCUT2D eigenvalue weighted by Gasteiger charge is 2.11. The first kappa shape index (κ1) is 14.2. The smallest absolute Gasteiger partial charge is 0.189 e. The Balaban J connectivity index is 2.36. The van der Waals surface area contributed by atoms with E-state index in [2.05, 4.69) is 21.4 Å². The average molecular weight is 286 g/mol. The predicted octanol–water partition coefficient (Wildman–Crippen LogP) is 3.13. The van der Waals surface area contributed by atoms with Gasteiger partial charge < -0.3 is 10.1 Å². The largest absolute Gasteiger partial charge is 0.497 e. The number of hydrogen-bond acceptors (Lipinski definition) is 6. The molecule has 0 bridgehead atoms. The summed E-state index contributed by atoms with van der Waals surface area (Å²) in [7, 11) is 1.62. The molecular weight excluding hydrogens is 272 g/mol. The number of anilines is 2. The summed E-state index contributed by atoms with van der Waals surface area (Å²) in [6, 6.07) is 9.57. The van der Waals surface area contributed by atoms with Crippen LogP contribution in [0.2, 0.25) is 0 Å². The summed E-state index contributed by atoms with van der Waals surface area (Å²) >= 11 is 1.44. The second kappa shape index (κ2) is 6.26. The van der Waals surface area contributed by atoms with E-state index in [1.807, 2.05) is 30.5 Å². The van der Waals surface area contributed by atoms with Crippen molar-refractivity contribution >= 4 is 23.3 Å². The third-order valence-corrected chi connectivity index (χ3v) is 3.26. The number of hydrogen-bond donors (Lipinski definition) is 1. The van der Waals surface area contributed by atoms with Gasteiger partial charge in [0.15, 0.2) is 11.0 Å². The van der Waals surface area contributed by atoms with E-state index in [4.69, 9.17) is 4.74 Å². The Morgan fingerprint density at radius 3 is 2.50 bits per heavy atom. The summed E-state index contributed by atoms with van der Waals surface area (Å²) in [5, 5.41) is 13.0. The van der Waals surface area contributed by atoms with Crippen LogP contribution in [-0.4, -0.2) is 23.3 Å². The number of thioether (sulfide) groups is 1. The summed E-state index contributed by atoms with van der Waals surface area (Å²) in [4.78, 5) is 8.61. The third-order valence-electron chi connectivity index (χ3n) is 2.72. The first-order valence-corrected chi connectivity index (χ1v) is 7.14. The number of rotatable bonds is 4. The van der Waals surface area contributed by atoms with Crippen molar-refractivity contribution in [3.63, 3.8) is 0 Å². The van der Waals surface area contributed by atoms with Crippen molar-refractivity contribution in [1.82, 2.24) is 9.97 Å². The van der Waals surface area contributed by atoms with Crippen molar-refractivity contribution in [2.24, 2.45) is 0 Å². The zero-order chi connectivity index (χ0) is 14.5. The Labute approximate surface area is 122 Å². The van der Waals surface area contributed by atoms with Crippen LogP contribution in [0.5, 0.6) is 5.75 Å². The number of methoxy groups -OCH3 is 1. The molecule has 0 unspecified atom stereocenters. The molecule has 0 fully saturated rings. The van der Waals surface area contributed by atoms with Crippen LogP contribution in [0.15, 0.2) is 29.4 Å². The molecule has 102 valence electrons. The molecule has 0 atom stereocenters. The van der Waals surface area contributed by atoms with Crippen LogP contribution in [0.1, 0.15) is 11.3 Å². The molecule has 1 N–H and O–H groups in total. The van der Waals surface area contributed by atoms with E-state index in [1.165, 1.54) is 11.8 Å². The Hall–Kier alpha value is -2.26. The number of aromatic nitrogens is 2. The molecule has 0 radical (unpaired) electrons. The topological polar surface area (TPSA) is 70.8 Å². The lowest BCUT2D eigenvalue weighted by Gasteiger charge is -2.10. The zero-order valence-corrected chi connectivity index (χ0v) is 12.3. The highest BCUT2D eigenvalue weighted by Crippen LogP contribution is 2.24. The van der Waals surface area contributed by atoms with Crippen molar-refractivity contribution in [1.29, 1.82) is 5.26 Å². The highest BCUT2D eigenvalue weighted by molar-refractivity contribution is 7.98. The molecule has 1 aromatic carbocycles. The van der Waals surface area contributed by atoms with Crippen LogP contribution in [0.3, 0.4) is 0 Å². The number of nitrogens with zero attached hydrogens (tertiary/aromatic N) is 3. The van der Waals surface area contributed by atoms with Crippen molar-refractivity contribution in [2.45, 2.75) is 12.1 Å². The van der Waals surface area contributed by atoms with Crippen LogP contribution in [0, 0.1) is 18.3 Å². The quantitative estimate of drug-likeness (QED) is 0.687. The van der Waals surface area contributed by atoms with Crippen molar-refractivity contribution in [3.8, 4) is 11.8 Å². The van der Waals surface area contributed by atoms with Crippen molar-refractivity contribution in [2.75, 3.05) is 18.7 Å². The second-order valence-electron chi connectivity index (χ2n) is 3.98. The van der Waals surface area contributed by atoms with Crippen LogP contribution in [-0.2, 0) is 0 Å². The number of nitrogens with one attached hydrogen (secondary N) is 1. The summed E-state index contributed by atoms with van der Waals surface area (Å²) in [6.45, 7) is 1.80. The van der Waals surface area contributed by atoms with Gasteiger partial charge in [-0.1, -0.05) is 11.8 Å². The zero-order valence-electron chi connectivity index (χ0n) is 11.5. The van der Waals surface area contributed by atoms with Gasteiger partial charge in [0.05, 0.1) is 12.8 Å². The molecule has 0 saturated heterocycles. The fourth-order valence-electron chi connectivity index (χ4n) is 1.67. The van der Waals surface area contributed by atoms with E-state index in [0.717, 1.165) is 11.4 Å². The summed E-state index contributed by atoms with van der Waals surface area (Å²) in [5.74, 6) is 1.30. The first-order valence-electron chi connectivity index (χ1n) is 5.91. The van der Waals surface area contributed by atoms with Gasteiger partial charge in [0.2, 0.25) is 0 Å². The van der Waals surface area contributed by atoms with Gasteiger partial charge in [-0.05, 0) is 37.4 Å². The monoisotopic (exact) mass is 286 g/mol. The lowest BCUT2D eigenvalue weighted by molar-refractivity contribution is 0.415. The molecule has 0 amide bonds. The van der Waals surface area contributed by atoms with Gasteiger partial charge in [-0.15, -0.1) is 0 Å². The Morgan fingerprint density at radius 2 is 1.95 bits per heavy atom. The Bertz CT molecular complexity index is 649. The minimum atomic E-state index is 0.457. The predicted molar refractivity (Wildman–Crippen MR) is 79.5 cm³/mol. The van der Waals surface area contributed by atoms with Gasteiger partial charge in [0.25, 0.3) is 0 Å². The molecular formula is C14H14N4OS. The fourth-order valence-corrected chi connectivity index (χ4v) is 2.08. The summed E-state index contributed by atoms with van der Waals surface area (Å²) < 4.78 is 5.11. The van der Waals surface area contributed by atoms with Gasteiger partial charge >= 0.3 is 0 Å². The van der Waals surface area contributed by atoms with Gasteiger partial charge in [0.1, 0.15) is 17.4 Å². The number of ether oxygens (including phenoxy) is 1. The fraction of sp³-hybridized carbons (Fsp3) is 0.214. The summed E-state index contributed by atoms with van der Waals surface area (Å²) in [6.07, 6.45) is 1.90. The molecule has 0 spiro atoms. The molecule has 20 heavy (non-hydrogen) atoms. The van der Waals surface area contributed by atoms with Gasteiger partial charge in [-0.25, -0.2) is 9.97 Å². The lowest BCUT2D eigenvalue weighted by Crippen LogP contribution is -2.03.